The molecule has 0 aromatic rings. The van der Waals surface area contributed by atoms with Crippen molar-refractivity contribution in [2.75, 3.05) is 26.6 Å². The van der Waals surface area contributed by atoms with Crippen molar-refractivity contribution in [1.29, 1.82) is 0 Å². The molecular weight excluding hydrogens is 386 g/mol. The van der Waals surface area contributed by atoms with Crippen molar-refractivity contribution in [1.82, 2.24) is 12.9 Å². The second-order valence-corrected chi connectivity index (χ2v) is 10.9. The van der Waals surface area contributed by atoms with Gasteiger partial charge in [0.15, 0.2) is 0 Å². The van der Waals surface area contributed by atoms with Crippen LogP contribution in [0.5, 0.6) is 0 Å². The fourth-order valence-electron chi connectivity index (χ4n) is 2.31. The van der Waals surface area contributed by atoms with Gasteiger partial charge < -0.3 is 4.74 Å². The first-order valence-corrected chi connectivity index (χ1v) is 11.4. The van der Waals surface area contributed by atoms with Crippen molar-refractivity contribution in [2.24, 2.45) is 11.8 Å². The van der Waals surface area contributed by atoms with Crippen LogP contribution in [-0.4, -0.2) is 74.4 Å². The lowest BCUT2D eigenvalue weighted by Crippen LogP contribution is -2.47. The highest BCUT2D eigenvalue weighted by Gasteiger charge is 2.50. The van der Waals surface area contributed by atoms with E-state index in [1.807, 2.05) is 13.8 Å². The largest absolute Gasteiger partial charge is 0.448 e. The Hall–Kier alpha value is -1.40. The lowest BCUT2D eigenvalue weighted by molar-refractivity contribution is -0.128. The van der Waals surface area contributed by atoms with Gasteiger partial charge in [-0.3, -0.25) is 4.79 Å². The molecule has 26 heavy (non-hydrogen) atoms. The Morgan fingerprint density at radius 2 is 1.77 bits per heavy atom. The zero-order valence-electron chi connectivity index (χ0n) is 15.9. The average Bonchev–Trinajstić information content (AvgIpc) is 2.61. The molecule has 1 fully saturated rings. The first kappa shape index (κ1) is 22.6. The van der Waals surface area contributed by atoms with Crippen molar-refractivity contribution in [3.8, 4) is 0 Å². The zero-order valence-corrected chi connectivity index (χ0v) is 17.5. The molecule has 1 aliphatic rings. The number of likely N-dealkylation sites (N-methyl/N-ethyl adjacent to an activating group) is 1. The number of hydrogen-bond donors (Lipinski definition) is 0. The Kier molecular flexibility index (Phi) is 7.04. The SMILES string of the molecule is CC(C)COC(=O)N(CN1C(=O)C(CC(C)C)N(C)S1(=O)=O)S(C)(=O)=O. The maximum Gasteiger partial charge on any atom is 0.425 e. The lowest BCUT2D eigenvalue weighted by Gasteiger charge is -2.25. The zero-order chi connectivity index (χ0) is 20.4. The quantitative estimate of drug-likeness (QED) is 0.593. The van der Waals surface area contributed by atoms with Crippen LogP contribution in [-0.2, 0) is 29.8 Å². The normalized spacial score (nSPS) is 20.8. The van der Waals surface area contributed by atoms with E-state index in [0.29, 0.717) is 4.31 Å². The number of amides is 2. The van der Waals surface area contributed by atoms with Gasteiger partial charge in [-0.2, -0.15) is 17.0 Å². The maximum absolute atomic E-state index is 12.5. The molecule has 0 N–H and O–H groups in total. The highest BCUT2D eigenvalue weighted by molar-refractivity contribution is 7.89. The van der Waals surface area contributed by atoms with E-state index in [-0.39, 0.29) is 29.2 Å². The van der Waals surface area contributed by atoms with Crippen molar-refractivity contribution in [3.63, 3.8) is 0 Å². The molecule has 1 unspecified atom stereocenters. The summed E-state index contributed by atoms with van der Waals surface area (Å²) in [4.78, 5) is 24.7. The minimum Gasteiger partial charge on any atom is -0.448 e. The van der Waals surface area contributed by atoms with Crippen LogP contribution in [0.2, 0.25) is 0 Å². The molecular formula is C14H27N3O7S2. The summed E-state index contributed by atoms with van der Waals surface area (Å²) in [5, 5.41) is 0. The van der Waals surface area contributed by atoms with E-state index >= 15 is 0 Å². The van der Waals surface area contributed by atoms with Gasteiger partial charge >= 0.3 is 16.3 Å². The first-order valence-electron chi connectivity index (χ1n) is 8.13. The average molecular weight is 414 g/mol. The summed E-state index contributed by atoms with van der Waals surface area (Å²) < 4.78 is 55.3. The Bertz CT molecular complexity index is 747. The summed E-state index contributed by atoms with van der Waals surface area (Å²) in [7, 11) is -7.12. The van der Waals surface area contributed by atoms with Gasteiger partial charge in [0.1, 0.15) is 12.7 Å². The van der Waals surface area contributed by atoms with Gasteiger partial charge in [-0.15, -0.1) is 0 Å². The molecule has 2 amide bonds. The molecule has 0 saturated carbocycles. The van der Waals surface area contributed by atoms with E-state index in [9.17, 15) is 26.4 Å². The molecule has 152 valence electrons. The van der Waals surface area contributed by atoms with Crippen molar-refractivity contribution in [2.45, 2.75) is 40.2 Å². The van der Waals surface area contributed by atoms with Gasteiger partial charge in [0.25, 0.3) is 5.91 Å². The molecule has 1 rings (SSSR count). The van der Waals surface area contributed by atoms with E-state index in [2.05, 4.69) is 0 Å². The number of sulfonamides is 1. The second-order valence-electron chi connectivity index (χ2n) is 7.08. The van der Waals surface area contributed by atoms with Gasteiger partial charge in [-0.25, -0.2) is 17.5 Å². The molecule has 1 heterocycles. The fourth-order valence-corrected chi connectivity index (χ4v) is 4.46. The fraction of sp³-hybridized carbons (Fsp3) is 0.857. The molecule has 10 nitrogen and oxygen atoms in total. The molecule has 0 spiro atoms. The molecule has 0 radical (unpaired) electrons. The minimum absolute atomic E-state index is 0.0403. The van der Waals surface area contributed by atoms with Gasteiger partial charge in [-0.1, -0.05) is 27.7 Å². The third-order valence-electron chi connectivity index (χ3n) is 3.71. The van der Waals surface area contributed by atoms with Crippen LogP contribution in [0.25, 0.3) is 0 Å². The topological polar surface area (TPSA) is 121 Å². The Labute approximate surface area is 155 Å². The van der Waals surface area contributed by atoms with Crippen LogP contribution in [0.4, 0.5) is 4.79 Å². The predicted octanol–water partition coefficient (Wildman–Crippen LogP) is 0.432. The van der Waals surface area contributed by atoms with Gasteiger partial charge in [0, 0.05) is 7.05 Å². The van der Waals surface area contributed by atoms with Crippen LogP contribution in [0.3, 0.4) is 0 Å². The molecule has 0 aromatic heterocycles. The monoisotopic (exact) mass is 413 g/mol. The molecule has 1 aliphatic heterocycles. The van der Waals surface area contributed by atoms with Crippen molar-refractivity contribution in [3.05, 3.63) is 0 Å². The van der Waals surface area contributed by atoms with Gasteiger partial charge in [0.2, 0.25) is 10.0 Å². The Morgan fingerprint density at radius 1 is 1.23 bits per heavy atom. The Morgan fingerprint density at radius 3 is 2.19 bits per heavy atom. The highest BCUT2D eigenvalue weighted by atomic mass is 32.2. The third kappa shape index (κ3) is 5.07. The van der Waals surface area contributed by atoms with E-state index in [1.54, 1.807) is 13.8 Å². The van der Waals surface area contributed by atoms with Gasteiger partial charge in [-0.05, 0) is 18.3 Å². The number of carbonyl (C=O) groups is 2. The minimum atomic E-state index is -4.23. The lowest BCUT2D eigenvalue weighted by atomic mass is 10.0. The summed E-state index contributed by atoms with van der Waals surface area (Å²) in [6.07, 6.45) is -0.201. The Balaban J connectivity index is 3.14. The van der Waals surface area contributed by atoms with E-state index in [0.717, 1.165) is 10.6 Å². The van der Waals surface area contributed by atoms with Crippen molar-refractivity contribution >= 4 is 32.2 Å². The molecule has 12 heteroatoms. The second kappa shape index (κ2) is 8.09. The summed E-state index contributed by atoms with van der Waals surface area (Å²) >= 11 is 0. The summed E-state index contributed by atoms with van der Waals surface area (Å²) in [6.45, 7) is 6.21. The number of rotatable bonds is 7. The van der Waals surface area contributed by atoms with Crippen LogP contribution in [0, 0.1) is 11.8 Å². The number of ether oxygens (including phenoxy) is 1. The van der Waals surface area contributed by atoms with Crippen LogP contribution < -0.4 is 0 Å². The summed E-state index contributed by atoms with van der Waals surface area (Å²) in [5.41, 5.74) is 0. The third-order valence-corrected chi connectivity index (χ3v) is 6.61. The highest BCUT2D eigenvalue weighted by Crippen LogP contribution is 2.27. The molecule has 0 aliphatic carbocycles. The van der Waals surface area contributed by atoms with Crippen LogP contribution in [0.1, 0.15) is 34.1 Å². The summed E-state index contributed by atoms with van der Waals surface area (Å²) in [6, 6.07) is -0.937. The molecule has 1 saturated heterocycles. The molecule has 0 bridgehead atoms. The predicted molar refractivity (Wildman–Crippen MR) is 94.5 cm³/mol. The van der Waals surface area contributed by atoms with Gasteiger partial charge in [0.05, 0.1) is 12.9 Å². The number of carbonyl (C=O) groups excluding carboxylic acids is 2. The van der Waals surface area contributed by atoms with E-state index < -0.39 is 44.9 Å². The molecule has 0 aromatic carbocycles. The number of nitrogens with zero attached hydrogens (tertiary/aromatic N) is 3. The smallest absolute Gasteiger partial charge is 0.425 e. The van der Waals surface area contributed by atoms with Crippen LogP contribution in [0.15, 0.2) is 0 Å². The van der Waals surface area contributed by atoms with Crippen LogP contribution >= 0.6 is 0 Å². The van der Waals surface area contributed by atoms with E-state index in [4.69, 9.17) is 4.74 Å². The number of hydrogen-bond acceptors (Lipinski definition) is 7. The standard InChI is InChI=1S/C14H27N3O7S2/c1-10(2)7-12-13(18)16(26(22,23)15(12)5)9-17(25(6,20)21)14(19)24-8-11(3)4/h10-12H,7-9H2,1-6H3. The maximum atomic E-state index is 12.5. The summed E-state index contributed by atoms with van der Waals surface area (Å²) in [5.74, 6) is -0.769. The van der Waals surface area contributed by atoms with Crippen molar-refractivity contribution < 1.29 is 31.2 Å². The first-order chi connectivity index (χ1) is 11.7. The van der Waals surface area contributed by atoms with E-state index in [1.165, 1.54) is 7.05 Å². The molecule has 1 atom stereocenters.